The summed E-state index contributed by atoms with van der Waals surface area (Å²) in [5.41, 5.74) is 0. The third kappa shape index (κ3) is 3.04. The summed E-state index contributed by atoms with van der Waals surface area (Å²) in [6.45, 7) is 6.17. The number of hydrogen-bond donors (Lipinski definition) is 1. The molecule has 0 bridgehead atoms. The summed E-state index contributed by atoms with van der Waals surface area (Å²) in [6, 6.07) is 0.841. The molecule has 1 N–H and O–H groups in total. The monoisotopic (exact) mass is 253 g/mol. The Balaban J connectivity index is 1.85. The van der Waals surface area contributed by atoms with Gasteiger partial charge >= 0.3 is 0 Å². The topological polar surface area (TPSA) is 35.6 Å². The number of likely N-dealkylation sites (N-methyl/N-ethyl adjacent to an activating group) is 1. The predicted octanol–water partition coefficient (Wildman–Crippen LogP) is 1.42. The molecular weight excluding hydrogens is 226 g/mol. The highest BCUT2D eigenvalue weighted by Crippen LogP contribution is 2.25. The highest BCUT2D eigenvalue weighted by Gasteiger charge is 2.37. The summed E-state index contributed by atoms with van der Waals surface area (Å²) in [5.74, 6) is 0.313. The van der Waals surface area contributed by atoms with Gasteiger partial charge in [0, 0.05) is 19.1 Å². The zero-order valence-electron chi connectivity index (χ0n) is 12.0. The van der Waals surface area contributed by atoms with E-state index in [0.29, 0.717) is 5.91 Å². The van der Waals surface area contributed by atoms with Crippen LogP contribution in [0.15, 0.2) is 0 Å². The van der Waals surface area contributed by atoms with Crippen molar-refractivity contribution < 1.29 is 4.79 Å². The van der Waals surface area contributed by atoms with Crippen LogP contribution < -0.4 is 5.32 Å². The van der Waals surface area contributed by atoms with Crippen molar-refractivity contribution in [3.05, 3.63) is 0 Å². The smallest absolute Gasteiger partial charge is 0.241 e. The van der Waals surface area contributed by atoms with Crippen LogP contribution in [0, 0.1) is 0 Å². The van der Waals surface area contributed by atoms with Gasteiger partial charge in [-0.05, 0) is 32.7 Å². The lowest BCUT2D eigenvalue weighted by atomic mass is 10.2. The Labute approximate surface area is 111 Å². The van der Waals surface area contributed by atoms with E-state index < -0.39 is 0 Å². The molecule has 1 aliphatic carbocycles. The molecule has 1 saturated carbocycles. The summed E-state index contributed by atoms with van der Waals surface area (Å²) >= 11 is 0. The molecule has 1 amide bonds. The first kappa shape index (κ1) is 13.8. The molecule has 104 valence electrons. The van der Waals surface area contributed by atoms with Gasteiger partial charge in [-0.15, -0.1) is 0 Å². The average Bonchev–Trinajstić information content (AvgIpc) is 3.16. The maximum absolute atomic E-state index is 12.3. The normalized spacial score (nSPS) is 28.4. The lowest BCUT2D eigenvalue weighted by Gasteiger charge is -2.26. The number of amides is 1. The number of nitrogens with zero attached hydrogens (tertiary/aromatic N) is 2. The summed E-state index contributed by atoms with van der Waals surface area (Å²) in [7, 11) is 2.18. The van der Waals surface area contributed by atoms with Gasteiger partial charge < -0.3 is 9.80 Å². The molecule has 1 heterocycles. The molecule has 2 rings (SSSR count). The first-order chi connectivity index (χ1) is 8.67. The van der Waals surface area contributed by atoms with Gasteiger partial charge in [-0.1, -0.05) is 20.3 Å². The molecule has 4 heteroatoms. The van der Waals surface area contributed by atoms with Crippen molar-refractivity contribution in [1.82, 2.24) is 15.1 Å². The van der Waals surface area contributed by atoms with Crippen LogP contribution >= 0.6 is 0 Å². The van der Waals surface area contributed by atoms with Crippen LogP contribution in [0.2, 0.25) is 0 Å². The summed E-state index contributed by atoms with van der Waals surface area (Å²) in [5, 5.41) is 3.47. The van der Waals surface area contributed by atoms with Gasteiger partial charge in [0.2, 0.25) is 5.91 Å². The maximum Gasteiger partial charge on any atom is 0.241 e. The lowest BCUT2D eigenvalue weighted by molar-refractivity contribution is -0.130. The van der Waals surface area contributed by atoms with Gasteiger partial charge in [0.25, 0.3) is 0 Å². The van der Waals surface area contributed by atoms with Crippen LogP contribution in [0.1, 0.15) is 46.0 Å². The number of hydrogen-bond acceptors (Lipinski definition) is 3. The molecule has 0 radical (unpaired) electrons. The maximum atomic E-state index is 12.3. The number of nitrogens with one attached hydrogen (secondary N) is 1. The van der Waals surface area contributed by atoms with Crippen LogP contribution in [-0.2, 0) is 4.79 Å². The standard InChI is InChI=1S/C14H27N3O/c1-4-6-12-14(18)17(13(5-2)15-12)10-9-16(3)11-7-8-11/h11-13,15H,4-10H2,1-3H3. The van der Waals surface area contributed by atoms with E-state index in [1.165, 1.54) is 12.8 Å². The van der Waals surface area contributed by atoms with E-state index in [0.717, 1.165) is 38.4 Å². The minimum Gasteiger partial charge on any atom is -0.325 e. The summed E-state index contributed by atoms with van der Waals surface area (Å²) < 4.78 is 0. The van der Waals surface area contributed by atoms with E-state index >= 15 is 0 Å². The third-order valence-corrected chi connectivity index (χ3v) is 4.18. The van der Waals surface area contributed by atoms with Crippen molar-refractivity contribution >= 4 is 5.91 Å². The fourth-order valence-corrected chi connectivity index (χ4v) is 2.81. The zero-order chi connectivity index (χ0) is 13.1. The lowest BCUT2D eigenvalue weighted by Crippen LogP contribution is -2.41. The molecule has 2 unspecified atom stereocenters. The van der Waals surface area contributed by atoms with E-state index in [-0.39, 0.29) is 12.2 Å². The van der Waals surface area contributed by atoms with Crippen LogP contribution in [0.5, 0.6) is 0 Å². The van der Waals surface area contributed by atoms with Crippen LogP contribution in [0.4, 0.5) is 0 Å². The van der Waals surface area contributed by atoms with Crippen LogP contribution in [0.25, 0.3) is 0 Å². The SMILES string of the molecule is CCCC1NC(CC)N(CCN(C)C2CC2)C1=O. The molecule has 2 fully saturated rings. The van der Waals surface area contributed by atoms with Crippen molar-refractivity contribution in [2.75, 3.05) is 20.1 Å². The average molecular weight is 253 g/mol. The molecule has 0 spiro atoms. The second kappa shape index (κ2) is 6.02. The Morgan fingerprint density at radius 2 is 2.11 bits per heavy atom. The second-order valence-corrected chi connectivity index (χ2v) is 5.68. The van der Waals surface area contributed by atoms with Gasteiger partial charge in [-0.3, -0.25) is 10.1 Å². The number of carbonyl (C=O) groups is 1. The molecular formula is C14H27N3O. The fraction of sp³-hybridized carbons (Fsp3) is 0.929. The predicted molar refractivity (Wildman–Crippen MR) is 73.3 cm³/mol. The molecule has 1 aliphatic heterocycles. The Morgan fingerprint density at radius 3 is 2.67 bits per heavy atom. The van der Waals surface area contributed by atoms with Crippen molar-refractivity contribution in [1.29, 1.82) is 0 Å². The van der Waals surface area contributed by atoms with E-state index in [1.54, 1.807) is 0 Å². The van der Waals surface area contributed by atoms with Crippen molar-refractivity contribution in [3.63, 3.8) is 0 Å². The van der Waals surface area contributed by atoms with Crippen LogP contribution in [0.3, 0.4) is 0 Å². The number of rotatable bonds is 7. The minimum atomic E-state index is 0.0613. The van der Waals surface area contributed by atoms with Crippen molar-refractivity contribution in [2.45, 2.75) is 64.2 Å². The molecule has 4 nitrogen and oxygen atoms in total. The fourth-order valence-electron chi connectivity index (χ4n) is 2.81. The minimum absolute atomic E-state index is 0.0613. The van der Waals surface area contributed by atoms with E-state index in [2.05, 4.69) is 36.0 Å². The molecule has 0 aromatic carbocycles. The Morgan fingerprint density at radius 1 is 1.39 bits per heavy atom. The van der Waals surface area contributed by atoms with E-state index in [1.807, 2.05) is 0 Å². The number of carbonyl (C=O) groups excluding carboxylic acids is 1. The first-order valence-electron chi connectivity index (χ1n) is 7.44. The largest absolute Gasteiger partial charge is 0.325 e. The Kier molecular flexibility index (Phi) is 4.62. The third-order valence-electron chi connectivity index (χ3n) is 4.18. The molecule has 2 aliphatic rings. The van der Waals surface area contributed by atoms with Gasteiger partial charge in [0.05, 0.1) is 12.2 Å². The molecule has 2 atom stereocenters. The van der Waals surface area contributed by atoms with E-state index in [9.17, 15) is 4.79 Å². The molecule has 18 heavy (non-hydrogen) atoms. The second-order valence-electron chi connectivity index (χ2n) is 5.68. The van der Waals surface area contributed by atoms with Crippen molar-refractivity contribution in [3.8, 4) is 0 Å². The Hall–Kier alpha value is -0.610. The van der Waals surface area contributed by atoms with E-state index in [4.69, 9.17) is 0 Å². The Bertz CT molecular complexity index is 291. The van der Waals surface area contributed by atoms with Crippen molar-refractivity contribution in [2.24, 2.45) is 0 Å². The highest BCUT2D eigenvalue weighted by atomic mass is 16.2. The molecule has 1 saturated heterocycles. The quantitative estimate of drug-likeness (QED) is 0.745. The molecule has 0 aromatic rings. The van der Waals surface area contributed by atoms with Gasteiger partial charge in [0.1, 0.15) is 0 Å². The van der Waals surface area contributed by atoms with Gasteiger partial charge in [-0.2, -0.15) is 0 Å². The van der Waals surface area contributed by atoms with Gasteiger partial charge in [-0.25, -0.2) is 0 Å². The van der Waals surface area contributed by atoms with Crippen LogP contribution in [-0.4, -0.2) is 54.1 Å². The highest BCUT2D eigenvalue weighted by molar-refractivity contribution is 5.84. The molecule has 0 aromatic heterocycles. The summed E-state index contributed by atoms with van der Waals surface area (Å²) in [6.07, 6.45) is 5.94. The first-order valence-corrected chi connectivity index (χ1v) is 7.44. The zero-order valence-corrected chi connectivity index (χ0v) is 12.0. The summed E-state index contributed by atoms with van der Waals surface area (Å²) in [4.78, 5) is 16.8. The van der Waals surface area contributed by atoms with Gasteiger partial charge in [0.15, 0.2) is 0 Å².